The van der Waals surface area contributed by atoms with E-state index in [1.807, 2.05) is 21.6 Å². The number of thioether (sulfide) groups is 1. The van der Waals surface area contributed by atoms with Gasteiger partial charge in [-0.15, -0.1) is 16.8 Å². The van der Waals surface area contributed by atoms with Crippen molar-refractivity contribution in [2.75, 3.05) is 17.3 Å². The Labute approximate surface area is 185 Å². The molecular formula is C20H23ClN4O3S2. The van der Waals surface area contributed by atoms with E-state index in [0.29, 0.717) is 29.0 Å². The van der Waals surface area contributed by atoms with Gasteiger partial charge in [0.15, 0.2) is 20.8 Å². The van der Waals surface area contributed by atoms with Crippen LogP contribution in [-0.4, -0.2) is 63.3 Å². The van der Waals surface area contributed by atoms with Gasteiger partial charge < -0.3 is 4.90 Å². The predicted octanol–water partition coefficient (Wildman–Crippen LogP) is 3.05. The number of rotatable bonds is 8. The van der Waals surface area contributed by atoms with Gasteiger partial charge in [-0.05, 0) is 43.5 Å². The molecule has 2 heterocycles. The normalized spacial score (nSPS) is 20.2. The molecule has 0 radical (unpaired) electrons. The van der Waals surface area contributed by atoms with Crippen molar-refractivity contribution in [3.8, 4) is 11.4 Å². The second-order valence-corrected chi connectivity index (χ2v) is 11.2. The molecule has 2 aliphatic rings. The summed E-state index contributed by atoms with van der Waals surface area (Å²) >= 11 is 7.30. The van der Waals surface area contributed by atoms with Crippen molar-refractivity contribution in [2.45, 2.75) is 43.0 Å². The Balaban J connectivity index is 1.49. The van der Waals surface area contributed by atoms with E-state index < -0.39 is 9.84 Å². The standard InChI is InChI=1S/C20H23ClN4O3S2/c1-2-10-24-19(14-3-5-15(21)6-4-14)22-23-20(24)29-12-18(26)25(16-7-8-16)17-9-11-30(27,28)13-17/h2-6,16-17H,1,7-13H2/t17-/m0/s1. The molecule has 2 fully saturated rings. The maximum absolute atomic E-state index is 13.0. The van der Waals surface area contributed by atoms with Crippen LogP contribution in [0.1, 0.15) is 19.3 Å². The summed E-state index contributed by atoms with van der Waals surface area (Å²) in [5, 5.41) is 9.84. The Hall–Kier alpha value is -1.84. The maximum atomic E-state index is 13.0. The number of hydrogen-bond donors (Lipinski definition) is 0. The molecule has 160 valence electrons. The summed E-state index contributed by atoms with van der Waals surface area (Å²) in [4.78, 5) is 14.8. The van der Waals surface area contributed by atoms with Gasteiger partial charge in [0.1, 0.15) is 0 Å². The summed E-state index contributed by atoms with van der Waals surface area (Å²) < 4.78 is 25.7. The highest BCUT2D eigenvalue weighted by atomic mass is 35.5. The first kappa shape index (κ1) is 21.4. The van der Waals surface area contributed by atoms with Crippen molar-refractivity contribution in [3.05, 3.63) is 41.9 Å². The number of aromatic nitrogens is 3. The number of allylic oxidation sites excluding steroid dienone is 1. The number of halogens is 1. The Morgan fingerprint density at radius 3 is 2.57 bits per heavy atom. The number of sulfone groups is 1. The molecule has 10 heteroatoms. The van der Waals surface area contributed by atoms with Crippen molar-refractivity contribution in [1.82, 2.24) is 19.7 Å². The van der Waals surface area contributed by atoms with E-state index >= 15 is 0 Å². The summed E-state index contributed by atoms with van der Waals surface area (Å²) in [6, 6.07) is 7.31. The minimum atomic E-state index is -3.04. The number of carbonyl (C=O) groups is 1. The summed E-state index contributed by atoms with van der Waals surface area (Å²) in [7, 11) is -3.04. The first-order chi connectivity index (χ1) is 14.4. The van der Waals surface area contributed by atoms with Crippen LogP contribution in [0.15, 0.2) is 42.1 Å². The molecule has 30 heavy (non-hydrogen) atoms. The van der Waals surface area contributed by atoms with E-state index in [1.54, 1.807) is 18.2 Å². The predicted molar refractivity (Wildman–Crippen MR) is 118 cm³/mol. The van der Waals surface area contributed by atoms with Crippen LogP contribution in [0.2, 0.25) is 5.02 Å². The van der Waals surface area contributed by atoms with Crippen molar-refractivity contribution in [3.63, 3.8) is 0 Å². The molecule has 7 nitrogen and oxygen atoms in total. The minimum absolute atomic E-state index is 0.0363. The largest absolute Gasteiger partial charge is 0.335 e. The molecule has 2 aromatic rings. The highest BCUT2D eigenvalue weighted by Crippen LogP contribution is 2.33. The van der Waals surface area contributed by atoms with E-state index in [4.69, 9.17) is 11.6 Å². The van der Waals surface area contributed by atoms with Gasteiger partial charge in [0.05, 0.1) is 17.3 Å². The second-order valence-electron chi connectivity index (χ2n) is 7.59. The molecule has 1 aromatic heterocycles. The molecule has 0 spiro atoms. The fourth-order valence-corrected chi connectivity index (χ4v) is 6.41. The number of nitrogens with zero attached hydrogens (tertiary/aromatic N) is 4. The molecule has 0 bridgehead atoms. The topological polar surface area (TPSA) is 85.2 Å². The third-order valence-corrected chi connectivity index (χ3v) is 8.24. The average molecular weight is 467 g/mol. The first-order valence-electron chi connectivity index (χ1n) is 9.82. The van der Waals surface area contributed by atoms with Gasteiger partial charge in [-0.3, -0.25) is 9.36 Å². The third-order valence-electron chi connectivity index (χ3n) is 5.29. The van der Waals surface area contributed by atoms with Crippen LogP contribution in [0.3, 0.4) is 0 Å². The highest BCUT2D eigenvalue weighted by Gasteiger charge is 2.42. The summed E-state index contributed by atoms with van der Waals surface area (Å²) in [6.07, 6.45) is 4.18. The van der Waals surface area contributed by atoms with Crippen molar-refractivity contribution in [2.24, 2.45) is 0 Å². The van der Waals surface area contributed by atoms with Gasteiger partial charge in [0.2, 0.25) is 5.91 Å². The lowest BCUT2D eigenvalue weighted by Gasteiger charge is -2.28. The SMILES string of the molecule is C=CCn1c(SCC(=O)N(C2CC2)[C@H]2CCS(=O)(=O)C2)nnc1-c1ccc(Cl)cc1. The zero-order valence-corrected chi connectivity index (χ0v) is 18.8. The van der Waals surface area contributed by atoms with Gasteiger partial charge in [-0.25, -0.2) is 8.42 Å². The van der Waals surface area contributed by atoms with Gasteiger partial charge >= 0.3 is 0 Å². The molecule has 0 unspecified atom stereocenters. The van der Waals surface area contributed by atoms with E-state index in [9.17, 15) is 13.2 Å². The number of carbonyl (C=O) groups excluding carboxylic acids is 1. The molecule has 1 amide bonds. The van der Waals surface area contributed by atoms with Crippen LogP contribution in [0.25, 0.3) is 11.4 Å². The first-order valence-corrected chi connectivity index (χ1v) is 13.0. The van der Waals surface area contributed by atoms with Gasteiger partial charge in [0.25, 0.3) is 0 Å². The van der Waals surface area contributed by atoms with E-state index in [1.165, 1.54) is 11.8 Å². The fraction of sp³-hybridized carbons (Fsp3) is 0.450. The molecule has 0 N–H and O–H groups in total. The molecule has 1 aliphatic heterocycles. The maximum Gasteiger partial charge on any atom is 0.233 e. The molecule has 1 aromatic carbocycles. The third kappa shape index (κ3) is 4.73. The summed E-state index contributed by atoms with van der Waals surface area (Å²) in [5.41, 5.74) is 0.877. The lowest BCUT2D eigenvalue weighted by Crippen LogP contribution is -2.43. The smallest absolute Gasteiger partial charge is 0.233 e. The van der Waals surface area contributed by atoms with Gasteiger partial charge in [0, 0.05) is 29.2 Å². The highest BCUT2D eigenvalue weighted by molar-refractivity contribution is 7.99. The van der Waals surface area contributed by atoms with Crippen molar-refractivity contribution < 1.29 is 13.2 Å². The minimum Gasteiger partial charge on any atom is -0.335 e. The average Bonchev–Trinajstić information content (AvgIpc) is 3.36. The summed E-state index contributed by atoms with van der Waals surface area (Å²) in [6.45, 7) is 4.32. The lowest BCUT2D eigenvalue weighted by molar-refractivity contribution is -0.130. The monoisotopic (exact) mass is 466 g/mol. The molecule has 1 saturated heterocycles. The van der Waals surface area contributed by atoms with E-state index in [2.05, 4.69) is 16.8 Å². The number of benzene rings is 1. The molecule has 1 saturated carbocycles. The van der Waals surface area contributed by atoms with Crippen molar-refractivity contribution in [1.29, 1.82) is 0 Å². The Morgan fingerprint density at radius 2 is 1.97 bits per heavy atom. The second kappa shape index (κ2) is 8.72. The lowest BCUT2D eigenvalue weighted by atomic mass is 10.2. The molecular weight excluding hydrogens is 444 g/mol. The van der Waals surface area contributed by atoms with Gasteiger partial charge in [-0.2, -0.15) is 0 Å². The number of hydrogen-bond acceptors (Lipinski definition) is 6. The fourth-order valence-electron chi connectivity index (χ4n) is 3.76. The van der Waals surface area contributed by atoms with Crippen molar-refractivity contribution >= 4 is 39.1 Å². The number of amides is 1. The molecule has 1 atom stereocenters. The zero-order valence-electron chi connectivity index (χ0n) is 16.4. The van der Waals surface area contributed by atoms with Crippen LogP contribution < -0.4 is 0 Å². The Kier molecular flexibility index (Phi) is 6.22. The van der Waals surface area contributed by atoms with E-state index in [0.717, 1.165) is 18.4 Å². The quantitative estimate of drug-likeness (QED) is 0.439. The molecule has 4 rings (SSSR count). The summed E-state index contributed by atoms with van der Waals surface area (Å²) in [5.74, 6) is 1.09. The Morgan fingerprint density at radius 1 is 1.23 bits per heavy atom. The molecule has 1 aliphatic carbocycles. The van der Waals surface area contributed by atoms with Gasteiger partial charge in [-0.1, -0.05) is 29.4 Å². The van der Waals surface area contributed by atoms with Crippen LogP contribution in [0.4, 0.5) is 0 Å². The van der Waals surface area contributed by atoms with Crippen LogP contribution in [-0.2, 0) is 21.2 Å². The van der Waals surface area contributed by atoms with Crippen LogP contribution in [0.5, 0.6) is 0 Å². The Bertz CT molecular complexity index is 1050. The van der Waals surface area contributed by atoms with Crippen LogP contribution in [0, 0.1) is 0 Å². The zero-order chi connectivity index (χ0) is 21.3. The van der Waals surface area contributed by atoms with Crippen LogP contribution >= 0.6 is 23.4 Å². The van der Waals surface area contributed by atoms with E-state index in [-0.39, 0.29) is 35.2 Å².